The molecule has 0 bridgehead atoms. The summed E-state index contributed by atoms with van der Waals surface area (Å²) >= 11 is 4.70. The summed E-state index contributed by atoms with van der Waals surface area (Å²) in [4.78, 5) is 42.9. The molecule has 0 spiro atoms. The quantitative estimate of drug-likeness (QED) is 0.0741. The van der Waals surface area contributed by atoms with Crippen LogP contribution in [0.4, 0.5) is 4.79 Å². The number of nitrogens with one attached hydrogen (secondary N) is 2. The largest absolute Gasteiger partial charge is 0.467 e. The Labute approximate surface area is 354 Å². The van der Waals surface area contributed by atoms with Gasteiger partial charge in [-0.25, -0.2) is 9.59 Å². The van der Waals surface area contributed by atoms with Crippen molar-refractivity contribution in [2.75, 3.05) is 18.6 Å². The summed E-state index contributed by atoms with van der Waals surface area (Å²) in [6.07, 6.45) is -0.741. The number of thioether (sulfide) groups is 2. The average molecular weight is 829 g/mol. The Balaban J connectivity index is 1.36. The molecule has 2 amide bonds. The van der Waals surface area contributed by atoms with E-state index < -0.39 is 45.1 Å². The molecule has 7 nitrogen and oxygen atoms in total. The second-order valence-corrected chi connectivity index (χ2v) is 18.0. The van der Waals surface area contributed by atoms with Crippen molar-refractivity contribution in [2.45, 2.75) is 47.9 Å². The smallest absolute Gasteiger partial charge is 0.408 e. The van der Waals surface area contributed by atoms with Crippen molar-refractivity contribution in [3.63, 3.8) is 0 Å². The maximum absolute atomic E-state index is 14.7. The van der Waals surface area contributed by atoms with Crippen LogP contribution in [0.25, 0.3) is 0 Å². The van der Waals surface area contributed by atoms with Gasteiger partial charge in [-0.05, 0) is 60.0 Å². The normalized spacial score (nSPS) is 12.8. The van der Waals surface area contributed by atoms with Crippen LogP contribution in [0.2, 0.25) is 0 Å². The molecule has 0 saturated carbocycles. The van der Waals surface area contributed by atoms with Crippen LogP contribution < -0.4 is 10.6 Å². The van der Waals surface area contributed by atoms with Crippen molar-refractivity contribution in [1.82, 2.24) is 10.6 Å². The summed E-state index contributed by atoms with van der Waals surface area (Å²) < 4.78 is 9.50. The molecule has 6 rings (SSSR count). The Kier molecular flexibility index (Phi) is 14.2. The first-order valence-corrected chi connectivity index (χ1v) is 21.9. The summed E-state index contributed by atoms with van der Waals surface area (Å²) in [5.74, 6) is -0.860. The van der Waals surface area contributed by atoms with Crippen molar-refractivity contribution in [3.8, 4) is 0 Å². The third-order valence-electron chi connectivity index (χ3n) is 9.51. The van der Waals surface area contributed by atoms with Gasteiger partial charge in [0.05, 0.1) is 16.6 Å². The summed E-state index contributed by atoms with van der Waals surface area (Å²) in [5, 5.41) is 7.90. The zero-order valence-corrected chi connectivity index (χ0v) is 35.5. The SMILES string of the molecule is COC(=O)[C@H](CSC(c1ccccc1)(c1ccccc1)c1ccccc1)NC(=O)[C@@H](CSC(c1ccccc1)(c1ccccc1)c1cccs1)NC(=O)OC(C)(C)C. The molecular weight excluding hydrogens is 781 g/mol. The molecule has 0 saturated heterocycles. The molecule has 0 unspecified atom stereocenters. The standard InChI is InChI=1S/C48H48N2O5S3/c1-46(2,3)55-45(53)50-40(33-58-48(42-31-20-32-56-42,38-27-16-8-17-28-38)39-29-18-9-19-30-39)43(51)49-41(44(52)54-4)34-57-47(35-21-10-5-11-22-35,36-23-12-6-13-24-36)37-25-14-7-15-26-37/h5-32,40-41H,33-34H2,1-4H3,(H,49,51)(H,50,53)/t40-,41+/m1/s1. The van der Waals surface area contributed by atoms with E-state index in [0.717, 1.165) is 32.7 Å². The average Bonchev–Trinajstić information content (AvgIpc) is 3.80. The number of carbonyl (C=O) groups excluding carboxylic acids is 3. The lowest BCUT2D eigenvalue weighted by Crippen LogP contribution is -2.54. The highest BCUT2D eigenvalue weighted by Gasteiger charge is 2.42. The van der Waals surface area contributed by atoms with Gasteiger partial charge in [-0.3, -0.25) is 4.79 Å². The van der Waals surface area contributed by atoms with Gasteiger partial charge < -0.3 is 20.1 Å². The van der Waals surface area contributed by atoms with Crippen LogP contribution in [0, 0.1) is 0 Å². The Morgan fingerprint density at radius 2 is 0.948 bits per heavy atom. The Hall–Kier alpha value is -5.29. The van der Waals surface area contributed by atoms with Gasteiger partial charge in [0.2, 0.25) is 5.91 Å². The van der Waals surface area contributed by atoms with Gasteiger partial charge in [-0.2, -0.15) is 0 Å². The first-order valence-electron chi connectivity index (χ1n) is 19.0. The molecule has 5 aromatic carbocycles. The second-order valence-electron chi connectivity index (χ2n) is 14.6. The van der Waals surface area contributed by atoms with E-state index in [1.165, 1.54) is 30.6 Å². The number of carbonyl (C=O) groups is 3. The molecule has 298 valence electrons. The number of hydrogen-bond acceptors (Lipinski definition) is 8. The predicted molar refractivity (Wildman–Crippen MR) is 238 cm³/mol. The van der Waals surface area contributed by atoms with E-state index in [0.29, 0.717) is 0 Å². The lowest BCUT2D eigenvalue weighted by molar-refractivity contribution is -0.144. The number of esters is 1. The van der Waals surface area contributed by atoms with E-state index in [-0.39, 0.29) is 11.5 Å². The number of hydrogen-bond donors (Lipinski definition) is 2. The lowest BCUT2D eigenvalue weighted by Gasteiger charge is -2.37. The molecule has 0 fully saturated rings. The van der Waals surface area contributed by atoms with Crippen molar-refractivity contribution in [3.05, 3.63) is 202 Å². The van der Waals surface area contributed by atoms with Crippen molar-refractivity contribution < 1.29 is 23.9 Å². The number of alkyl carbamates (subject to hydrolysis) is 1. The van der Waals surface area contributed by atoms with Gasteiger partial charge in [0, 0.05) is 16.4 Å². The molecule has 10 heteroatoms. The third-order valence-corrected chi connectivity index (χ3v) is 13.9. The highest BCUT2D eigenvalue weighted by Crippen LogP contribution is 2.51. The van der Waals surface area contributed by atoms with E-state index in [4.69, 9.17) is 9.47 Å². The molecule has 2 N–H and O–H groups in total. The van der Waals surface area contributed by atoms with E-state index in [2.05, 4.69) is 77.4 Å². The summed E-state index contributed by atoms with van der Waals surface area (Å²) in [6, 6.07) is 52.6. The van der Waals surface area contributed by atoms with Gasteiger partial charge in [0.15, 0.2) is 0 Å². The first kappa shape index (κ1) is 42.3. The van der Waals surface area contributed by atoms with Crippen LogP contribution in [0.15, 0.2) is 169 Å². The van der Waals surface area contributed by atoms with Gasteiger partial charge in [-0.1, -0.05) is 158 Å². The molecule has 0 radical (unpaired) electrons. The minimum Gasteiger partial charge on any atom is -0.467 e. The molecule has 58 heavy (non-hydrogen) atoms. The molecule has 0 aliphatic rings. The fourth-order valence-corrected chi connectivity index (χ4v) is 11.1. The van der Waals surface area contributed by atoms with E-state index in [1.807, 2.05) is 102 Å². The number of ether oxygens (including phenoxy) is 2. The Bertz CT molecular complexity index is 2060. The van der Waals surface area contributed by atoms with Crippen LogP contribution in [0.5, 0.6) is 0 Å². The fraction of sp³-hybridized carbons (Fsp3) is 0.229. The van der Waals surface area contributed by atoms with Crippen LogP contribution in [-0.4, -0.2) is 54.3 Å². The Morgan fingerprint density at radius 3 is 1.33 bits per heavy atom. The van der Waals surface area contributed by atoms with Crippen molar-refractivity contribution in [1.29, 1.82) is 0 Å². The van der Waals surface area contributed by atoms with E-state index in [1.54, 1.807) is 32.1 Å². The third kappa shape index (κ3) is 9.86. The minimum absolute atomic E-state index is 0.135. The van der Waals surface area contributed by atoms with Gasteiger partial charge in [-0.15, -0.1) is 34.9 Å². The highest BCUT2D eigenvalue weighted by molar-refractivity contribution is 8.01. The lowest BCUT2D eigenvalue weighted by atomic mass is 9.84. The number of benzene rings is 5. The molecule has 0 aliphatic carbocycles. The molecule has 0 aliphatic heterocycles. The van der Waals surface area contributed by atoms with Gasteiger partial charge in [0.1, 0.15) is 17.7 Å². The van der Waals surface area contributed by atoms with Crippen molar-refractivity contribution >= 4 is 52.8 Å². The molecular formula is C48H48N2O5S3. The molecule has 6 aromatic rings. The summed E-state index contributed by atoms with van der Waals surface area (Å²) in [6.45, 7) is 5.31. The fourth-order valence-electron chi connectivity index (χ4n) is 6.91. The zero-order chi connectivity index (χ0) is 41.0. The maximum Gasteiger partial charge on any atom is 0.408 e. The van der Waals surface area contributed by atoms with E-state index >= 15 is 0 Å². The van der Waals surface area contributed by atoms with Gasteiger partial charge >= 0.3 is 12.1 Å². The first-order chi connectivity index (χ1) is 28.1. The number of rotatable bonds is 16. The molecule has 2 atom stereocenters. The van der Waals surface area contributed by atoms with Gasteiger partial charge in [0.25, 0.3) is 0 Å². The monoisotopic (exact) mass is 828 g/mol. The van der Waals surface area contributed by atoms with Crippen LogP contribution in [0.3, 0.4) is 0 Å². The van der Waals surface area contributed by atoms with Crippen molar-refractivity contribution in [2.24, 2.45) is 0 Å². The molecule has 1 heterocycles. The van der Waals surface area contributed by atoms with Crippen LogP contribution in [-0.2, 0) is 28.6 Å². The second kappa shape index (κ2) is 19.4. The van der Waals surface area contributed by atoms with Crippen LogP contribution >= 0.6 is 34.9 Å². The van der Waals surface area contributed by atoms with E-state index in [9.17, 15) is 14.4 Å². The summed E-state index contributed by atoms with van der Waals surface area (Å²) in [7, 11) is 1.31. The molecule has 1 aromatic heterocycles. The maximum atomic E-state index is 14.7. The highest BCUT2D eigenvalue weighted by atomic mass is 32.2. The summed E-state index contributed by atoms with van der Waals surface area (Å²) in [5.41, 5.74) is 4.27. The van der Waals surface area contributed by atoms with Crippen LogP contribution in [0.1, 0.15) is 53.5 Å². The zero-order valence-electron chi connectivity index (χ0n) is 33.0. The number of thiophene rings is 1. The topological polar surface area (TPSA) is 93.7 Å². The predicted octanol–water partition coefficient (Wildman–Crippen LogP) is 10.0. The number of amides is 2. The number of methoxy groups -OCH3 is 1. The Morgan fingerprint density at radius 1 is 0.552 bits per heavy atom. The minimum atomic E-state index is -1.11.